The molecule has 4 rings (SSSR count). The molecule has 0 saturated carbocycles. The highest BCUT2D eigenvalue weighted by molar-refractivity contribution is 6.01. The van der Waals surface area contributed by atoms with E-state index in [4.69, 9.17) is 0 Å². The minimum absolute atomic E-state index is 0.150. The first-order valence-corrected chi connectivity index (χ1v) is 9.47. The van der Waals surface area contributed by atoms with Crippen molar-refractivity contribution in [1.29, 1.82) is 0 Å². The molecule has 1 amide bonds. The van der Waals surface area contributed by atoms with Gasteiger partial charge in [0, 0.05) is 41.7 Å². The van der Waals surface area contributed by atoms with E-state index < -0.39 is 0 Å². The van der Waals surface area contributed by atoms with Crippen LogP contribution >= 0.6 is 0 Å². The molecular formula is C25H21FN2O. The van der Waals surface area contributed by atoms with Crippen molar-refractivity contribution in [2.24, 2.45) is 7.05 Å². The van der Waals surface area contributed by atoms with Crippen molar-refractivity contribution in [3.63, 3.8) is 0 Å². The predicted octanol–water partition coefficient (Wildman–Crippen LogP) is 5.31. The van der Waals surface area contributed by atoms with Gasteiger partial charge in [-0.05, 0) is 23.8 Å². The third-order valence-corrected chi connectivity index (χ3v) is 5.01. The lowest BCUT2D eigenvalue weighted by atomic mass is 10.0. The average molecular weight is 384 g/mol. The standard InChI is InChI=1S/C25H21FN2O/c1-28-23-14-8-6-12-20(23)21(25(28)18-9-3-2-4-10-18)15-16-24(29)27-17-19-11-5-7-13-22(19)26/h2-16H,17H2,1H3,(H,27,29)/b16-15+. The SMILES string of the molecule is Cn1c(-c2ccccc2)c(/C=C/C(=O)NCc2ccccc2F)c2ccccc21. The molecule has 3 aromatic carbocycles. The quantitative estimate of drug-likeness (QED) is 0.465. The Balaban J connectivity index is 1.65. The first kappa shape index (κ1) is 18.7. The fourth-order valence-corrected chi connectivity index (χ4v) is 3.58. The van der Waals surface area contributed by atoms with Crippen LogP contribution in [0.3, 0.4) is 0 Å². The number of nitrogens with zero attached hydrogens (tertiary/aromatic N) is 1. The van der Waals surface area contributed by atoms with Crippen molar-refractivity contribution < 1.29 is 9.18 Å². The maximum Gasteiger partial charge on any atom is 0.244 e. The van der Waals surface area contributed by atoms with Gasteiger partial charge in [-0.15, -0.1) is 0 Å². The lowest BCUT2D eigenvalue weighted by Crippen LogP contribution is -2.20. The van der Waals surface area contributed by atoms with E-state index >= 15 is 0 Å². The second kappa shape index (κ2) is 8.15. The van der Waals surface area contributed by atoms with Gasteiger partial charge in [-0.2, -0.15) is 0 Å². The Morgan fingerprint density at radius 2 is 1.66 bits per heavy atom. The number of benzene rings is 3. The van der Waals surface area contributed by atoms with Crippen molar-refractivity contribution in [3.8, 4) is 11.3 Å². The molecule has 0 unspecified atom stereocenters. The third-order valence-electron chi connectivity index (χ3n) is 5.01. The van der Waals surface area contributed by atoms with Crippen molar-refractivity contribution >= 4 is 22.9 Å². The summed E-state index contributed by atoms with van der Waals surface area (Å²) in [6.45, 7) is 0.150. The highest BCUT2D eigenvalue weighted by atomic mass is 19.1. The summed E-state index contributed by atoms with van der Waals surface area (Å²) in [5.41, 5.74) is 4.67. The van der Waals surface area contributed by atoms with E-state index in [9.17, 15) is 9.18 Å². The van der Waals surface area contributed by atoms with Crippen LogP contribution in [0.5, 0.6) is 0 Å². The molecule has 29 heavy (non-hydrogen) atoms. The van der Waals surface area contributed by atoms with Crippen LogP contribution < -0.4 is 5.32 Å². The summed E-state index contributed by atoms with van der Waals surface area (Å²) in [5, 5.41) is 3.83. The number of aromatic nitrogens is 1. The zero-order valence-electron chi connectivity index (χ0n) is 16.1. The van der Waals surface area contributed by atoms with Gasteiger partial charge in [-0.1, -0.05) is 66.7 Å². The minimum atomic E-state index is -0.322. The van der Waals surface area contributed by atoms with Crippen LogP contribution in [0.2, 0.25) is 0 Å². The molecule has 3 nitrogen and oxygen atoms in total. The smallest absolute Gasteiger partial charge is 0.244 e. The molecule has 144 valence electrons. The Morgan fingerprint density at radius 1 is 0.966 bits per heavy atom. The Hall–Kier alpha value is -3.66. The fraction of sp³-hybridized carbons (Fsp3) is 0.0800. The molecule has 0 atom stereocenters. The second-order valence-corrected chi connectivity index (χ2v) is 6.85. The number of nitrogens with one attached hydrogen (secondary N) is 1. The summed E-state index contributed by atoms with van der Waals surface area (Å²) >= 11 is 0. The summed E-state index contributed by atoms with van der Waals surface area (Å²) in [5.74, 6) is -0.586. The second-order valence-electron chi connectivity index (χ2n) is 6.85. The molecule has 1 aromatic heterocycles. The number of fused-ring (bicyclic) bond motifs is 1. The Kier molecular flexibility index (Phi) is 5.25. The molecule has 0 fully saturated rings. The van der Waals surface area contributed by atoms with Gasteiger partial charge >= 0.3 is 0 Å². The van der Waals surface area contributed by atoms with Crippen LogP contribution in [0.4, 0.5) is 4.39 Å². The number of amides is 1. The molecule has 0 saturated heterocycles. The van der Waals surface area contributed by atoms with Crippen molar-refractivity contribution in [3.05, 3.63) is 102 Å². The molecule has 0 spiro atoms. The van der Waals surface area contributed by atoms with E-state index in [2.05, 4.69) is 34.1 Å². The zero-order valence-corrected chi connectivity index (χ0v) is 16.1. The van der Waals surface area contributed by atoms with Crippen molar-refractivity contribution in [2.45, 2.75) is 6.54 Å². The summed E-state index contributed by atoms with van der Waals surface area (Å²) in [6.07, 6.45) is 3.34. The molecule has 0 radical (unpaired) electrons. The number of carbonyl (C=O) groups is 1. The van der Waals surface area contributed by atoms with Gasteiger partial charge in [-0.25, -0.2) is 4.39 Å². The minimum Gasteiger partial charge on any atom is -0.348 e. The van der Waals surface area contributed by atoms with E-state index in [1.807, 2.05) is 43.5 Å². The summed E-state index contributed by atoms with van der Waals surface area (Å²) in [7, 11) is 2.03. The Labute approximate surface area is 169 Å². The van der Waals surface area contributed by atoms with Crippen LogP contribution in [0, 0.1) is 5.82 Å². The molecule has 1 N–H and O–H groups in total. The van der Waals surface area contributed by atoms with Gasteiger partial charge in [-0.3, -0.25) is 4.79 Å². The van der Waals surface area contributed by atoms with Crippen molar-refractivity contribution in [1.82, 2.24) is 9.88 Å². The molecule has 0 aliphatic heterocycles. The van der Waals surface area contributed by atoms with Gasteiger partial charge in [0.15, 0.2) is 0 Å². The molecule has 4 aromatic rings. The maximum atomic E-state index is 13.7. The van der Waals surface area contributed by atoms with Crippen LogP contribution in [-0.4, -0.2) is 10.5 Å². The first-order valence-electron chi connectivity index (χ1n) is 9.47. The highest BCUT2D eigenvalue weighted by Gasteiger charge is 2.14. The van der Waals surface area contributed by atoms with E-state index in [1.165, 1.54) is 12.1 Å². The molecule has 4 heteroatoms. The van der Waals surface area contributed by atoms with Crippen LogP contribution in [0.25, 0.3) is 28.2 Å². The lowest BCUT2D eigenvalue weighted by molar-refractivity contribution is -0.116. The number of carbonyl (C=O) groups excluding carboxylic acids is 1. The number of hydrogen-bond acceptors (Lipinski definition) is 1. The normalized spacial score (nSPS) is 11.2. The molecular weight excluding hydrogens is 363 g/mol. The molecule has 0 bridgehead atoms. The van der Waals surface area contributed by atoms with Crippen LogP contribution in [0.1, 0.15) is 11.1 Å². The number of halogens is 1. The number of rotatable bonds is 5. The van der Waals surface area contributed by atoms with Gasteiger partial charge in [0.05, 0.1) is 5.69 Å². The highest BCUT2D eigenvalue weighted by Crippen LogP contribution is 2.33. The fourth-order valence-electron chi connectivity index (χ4n) is 3.58. The number of aryl methyl sites for hydroxylation is 1. The predicted molar refractivity (Wildman–Crippen MR) is 116 cm³/mol. The van der Waals surface area contributed by atoms with E-state index in [0.717, 1.165) is 27.7 Å². The van der Waals surface area contributed by atoms with E-state index in [1.54, 1.807) is 18.2 Å². The average Bonchev–Trinajstić information content (AvgIpc) is 3.04. The number of para-hydroxylation sites is 1. The topological polar surface area (TPSA) is 34.0 Å². The number of hydrogen-bond donors (Lipinski definition) is 1. The summed E-state index contributed by atoms with van der Waals surface area (Å²) < 4.78 is 15.9. The molecule has 0 aliphatic carbocycles. The van der Waals surface area contributed by atoms with Crippen molar-refractivity contribution in [2.75, 3.05) is 0 Å². The van der Waals surface area contributed by atoms with Gasteiger partial charge in [0.25, 0.3) is 0 Å². The summed E-state index contributed by atoms with van der Waals surface area (Å²) in [4.78, 5) is 12.4. The van der Waals surface area contributed by atoms with Gasteiger partial charge in [0.1, 0.15) is 5.82 Å². The zero-order chi connectivity index (χ0) is 20.2. The Bertz CT molecular complexity index is 1190. The van der Waals surface area contributed by atoms with Crippen LogP contribution in [-0.2, 0) is 18.4 Å². The lowest BCUT2D eigenvalue weighted by Gasteiger charge is -2.06. The Morgan fingerprint density at radius 3 is 2.45 bits per heavy atom. The van der Waals surface area contributed by atoms with Crippen LogP contribution in [0.15, 0.2) is 84.9 Å². The van der Waals surface area contributed by atoms with E-state index in [0.29, 0.717) is 5.56 Å². The van der Waals surface area contributed by atoms with Gasteiger partial charge < -0.3 is 9.88 Å². The van der Waals surface area contributed by atoms with Gasteiger partial charge in [0.2, 0.25) is 5.91 Å². The third kappa shape index (κ3) is 3.83. The maximum absolute atomic E-state index is 13.7. The first-order chi connectivity index (χ1) is 14.1. The molecule has 1 heterocycles. The largest absolute Gasteiger partial charge is 0.348 e. The van der Waals surface area contributed by atoms with E-state index in [-0.39, 0.29) is 18.3 Å². The summed E-state index contributed by atoms with van der Waals surface area (Å²) in [6, 6.07) is 24.7. The molecule has 0 aliphatic rings. The monoisotopic (exact) mass is 384 g/mol.